The molecule has 1 aromatic heterocycles. The van der Waals surface area contributed by atoms with E-state index in [4.69, 9.17) is 0 Å². The van der Waals surface area contributed by atoms with Gasteiger partial charge in [0.05, 0.1) is 6.33 Å². The number of aromatic nitrogens is 2. The summed E-state index contributed by atoms with van der Waals surface area (Å²) in [4.78, 5) is 29.0. The highest BCUT2D eigenvalue weighted by atomic mass is 16.2. The number of hydrogen-bond acceptors (Lipinski definition) is 3. The van der Waals surface area contributed by atoms with Gasteiger partial charge in [0.1, 0.15) is 0 Å². The van der Waals surface area contributed by atoms with Crippen LogP contribution < -0.4 is 10.6 Å². The summed E-state index contributed by atoms with van der Waals surface area (Å²) in [6, 6.07) is 6.11. The van der Waals surface area contributed by atoms with Crippen molar-refractivity contribution in [3.05, 3.63) is 42.0 Å². The smallest absolute Gasteiger partial charge is 0.227 e. The van der Waals surface area contributed by atoms with E-state index in [0.717, 1.165) is 48.3 Å². The maximum atomic E-state index is 12.4. The first-order valence-electron chi connectivity index (χ1n) is 9.79. The van der Waals surface area contributed by atoms with Crippen molar-refractivity contribution in [2.45, 2.75) is 57.9 Å². The molecule has 6 nitrogen and oxygen atoms in total. The molecule has 4 rings (SSSR count). The number of rotatable bonds is 4. The van der Waals surface area contributed by atoms with E-state index >= 15 is 0 Å². The molecule has 142 valence electrons. The van der Waals surface area contributed by atoms with Gasteiger partial charge < -0.3 is 15.2 Å². The minimum absolute atomic E-state index is 0.0109. The number of nitrogens with zero attached hydrogens (tertiary/aromatic N) is 2. The topological polar surface area (TPSA) is 76.0 Å². The molecule has 0 radical (unpaired) electrons. The first-order chi connectivity index (χ1) is 13.0. The number of anilines is 2. The first kappa shape index (κ1) is 17.8. The highest BCUT2D eigenvalue weighted by Crippen LogP contribution is 2.39. The summed E-state index contributed by atoms with van der Waals surface area (Å²) in [6.07, 6.45) is 8.26. The summed E-state index contributed by atoms with van der Waals surface area (Å²) < 4.78 is 2.11. The Hall–Kier alpha value is -2.63. The van der Waals surface area contributed by atoms with Crippen LogP contribution in [-0.4, -0.2) is 21.4 Å². The van der Waals surface area contributed by atoms with Crippen molar-refractivity contribution in [3.63, 3.8) is 0 Å². The molecule has 27 heavy (non-hydrogen) atoms. The summed E-state index contributed by atoms with van der Waals surface area (Å²) in [5.41, 5.74) is 3.63. The summed E-state index contributed by atoms with van der Waals surface area (Å²) >= 11 is 0. The Bertz CT molecular complexity index is 865. The van der Waals surface area contributed by atoms with Crippen molar-refractivity contribution in [2.75, 3.05) is 10.6 Å². The van der Waals surface area contributed by atoms with Gasteiger partial charge in [-0.05, 0) is 44.4 Å². The van der Waals surface area contributed by atoms with Crippen LogP contribution >= 0.6 is 0 Å². The Morgan fingerprint density at radius 3 is 2.81 bits per heavy atom. The minimum atomic E-state index is -0.0294. The molecule has 1 saturated carbocycles. The third-order valence-corrected chi connectivity index (χ3v) is 5.70. The number of carbonyl (C=O) groups is 2. The fourth-order valence-corrected chi connectivity index (χ4v) is 4.26. The molecule has 0 spiro atoms. The van der Waals surface area contributed by atoms with Gasteiger partial charge >= 0.3 is 0 Å². The van der Waals surface area contributed by atoms with Gasteiger partial charge in [-0.3, -0.25) is 9.59 Å². The van der Waals surface area contributed by atoms with Crippen molar-refractivity contribution in [1.29, 1.82) is 0 Å². The van der Waals surface area contributed by atoms with Crippen LogP contribution in [0.15, 0.2) is 30.7 Å². The van der Waals surface area contributed by atoms with Gasteiger partial charge in [0.2, 0.25) is 11.8 Å². The van der Waals surface area contributed by atoms with Gasteiger partial charge in [-0.2, -0.15) is 0 Å². The zero-order valence-electron chi connectivity index (χ0n) is 15.9. The molecule has 1 aliphatic carbocycles. The molecule has 1 atom stereocenters. The Balaban J connectivity index is 1.62. The van der Waals surface area contributed by atoms with Crippen molar-refractivity contribution >= 4 is 23.2 Å². The second-order valence-electron chi connectivity index (χ2n) is 7.90. The standard InChI is InChI=1S/C21H26N4O2/c1-13(2)25-12-22-11-19(25)17-10-20(26)24-18-9-15(7-8-16(17)18)23-21(27)14-5-3-4-6-14/h7-9,11-14,17H,3-6,10H2,1-2H3,(H,23,27)(H,24,26). The lowest BCUT2D eigenvalue weighted by Crippen LogP contribution is -2.26. The third-order valence-electron chi connectivity index (χ3n) is 5.70. The number of amides is 2. The lowest BCUT2D eigenvalue weighted by Gasteiger charge is -2.28. The maximum absolute atomic E-state index is 12.4. The van der Waals surface area contributed by atoms with E-state index in [1.165, 1.54) is 0 Å². The highest BCUT2D eigenvalue weighted by molar-refractivity contribution is 5.98. The molecule has 1 unspecified atom stereocenters. The summed E-state index contributed by atoms with van der Waals surface area (Å²) in [6.45, 7) is 4.22. The summed E-state index contributed by atoms with van der Waals surface area (Å²) in [5.74, 6) is 0.161. The zero-order chi connectivity index (χ0) is 19.0. The van der Waals surface area contributed by atoms with Gasteiger partial charge in [-0.15, -0.1) is 0 Å². The fourth-order valence-electron chi connectivity index (χ4n) is 4.26. The molecular weight excluding hydrogens is 340 g/mol. The van der Waals surface area contributed by atoms with Crippen LogP contribution in [0.5, 0.6) is 0 Å². The van der Waals surface area contributed by atoms with E-state index in [2.05, 4.69) is 34.0 Å². The van der Waals surface area contributed by atoms with Crippen molar-refractivity contribution in [3.8, 4) is 0 Å². The van der Waals surface area contributed by atoms with Crippen LogP contribution in [0.2, 0.25) is 0 Å². The molecule has 1 aliphatic heterocycles. The van der Waals surface area contributed by atoms with Crippen LogP contribution in [0.1, 0.15) is 69.2 Å². The van der Waals surface area contributed by atoms with Crippen LogP contribution in [0.4, 0.5) is 11.4 Å². The molecule has 6 heteroatoms. The average molecular weight is 366 g/mol. The molecule has 1 fully saturated rings. The van der Waals surface area contributed by atoms with Gasteiger partial charge in [0, 0.05) is 47.6 Å². The van der Waals surface area contributed by atoms with Crippen LogP contribution in [0, 0.1) is 5.92 Å². The fraction of sp³-hybridized carbons (Fsp3) is 0.476. The predicted molar refractivity (Wildman–Crippen MR) is 105 cm³/mol. The second kappa shape index (κ2) is 7.18. The van der Waals surface area contributed by atoms with Gasteiger partial charge in [-0.1, -0.05) is 18.9 Å². The lowest BCUT2D eigenvalue weighted by atomic mass is 9.87. The number of imidazole rings is 1. The van der Waals surface area contributed by atoms with Gasteiger partial charge in [-0.25, -0.2) is 4.98 Å². The number of hydrogen-bond donors (Lipinski definition) is 2. The molecule has 2 amide bonds. The van der Waals surface area contributed by atoms with Crippen LogP contribution in [-0.2, 0) is 9.59 Å². The molecular formula is C21H26N4O2. The van der Waals surface area contributed by atoms with E-state index in [1.807, 2.05) is 30.7 Å². The van der Waals surface area contributed by atoms with Crippen molar-refractivity contribution < 1.29 is 9.59 Å². The normalized spacial score (nSPS) is 19.8. The Morgan fingerprint density at radius 1 is 1.30 bits per heavy atom. The molecule has 1 aromatic carbocycles. The molecule has 2 aliphatic rings. The SMILES string of the molecule is CC(C)n1cncc1C1CC(=O)Nc2cc(NC(=O)C3CCCC3)ccc21. The van der Waals surface area contributed by atoms with E-state index in [-0.39, 0.29) is 29.7 Å². The minimum Gasteiger partial charge on any atom is -0.331 e. The molecule has 0 saturated heterocycles. The number of benzene rings is 1. The summed E-state index contributed by atoms with van der Waals surface area (Å²) in [5, 5.41) is 5.98. The lowest BCUT2D eigenvalue weighted by molar-refractivity contribution is -0.119. The number of nitrogens with one attached hydrogen (secondary N) is 2. The van der Waals surface area contributed by atoms with E-state index in [9.17, 15) is 9.59 Å². The molecule has 2 N–H and O–H groups in total. The third kappa shape index (κ3) is 3.48. The largest absolute Gasteiger partial charge is 0.331 e. The van der Waals surface area contributed by atoms with Crippen LogP contribution in [0.3, 0.4) is 0 Å². The van der Waals surface area contributed by atoms with Crippen molar-refractivity contribution in [1.82, 2.24) is 9.55 Å². The van der Waals surface area contributed by atoms with E-state index in [0.29, 0.717) is 6.42 Å². The molecule has 2 aromatic rings. The maximum Gasteiger partial charge on any atom is 0.227 e. The monoisotopic (exact) mass is 366 g/mol. The van der Waals surface area contributed by atoms with Gasteiger partial charge in [0.25, 0.3) is 0 Å². The Labute approximate surface area is 159 Å². The first-order valence-corrected chi connectivity index (χ1v) is 9.79. The Kier molecular flexibility index (Phi) is 4.72. The number of fused-ring (bicyclic) bond motifs is 1. The summed E-state index contributed by atoms with van der Waals surface area (Å²) in [7, 11) is 0. The second-order valence-corrected chi connectivity index (χ2v) is 7.90. The molecule has 2 heterocycles. The predicted octanol–water partition coefficient (Wildman–Crippen LogP) is 4.07. The Morgan fingerprint density at radius 2 is 2.07 bits per heavy atom. The van der Waals surface area contributed by atoms with E-state index < -0.39 is 0 Å². The zero-order valence-corrected chi connectivity index (χ0v) is 15.9. The highest BCUT2D eigenvalue weighted by Gasteiger charge is 2.30. The molecule has 0 bridgehead atoms. The van der Waals surface area contributed by atoms with Gasteiger partial charge in [0.15, 0.2) is 0 Å². The average Bonchev–Trinajstić information content (AvgIpc) is 3.32. The van der Waals surface area contributed by atoms with Crippen LogP contribution in [0.25, 0.3) is 0 Å². The number of carbonyl (C=O) groups excluding carboxylic acids is 2. The quantitative estimate of drug-likeness (QED) is 0.856. The van der Waals surface area contributed by atoms with E-state index in [1.54, 1.807) is 0 Å². The van der Waals surface area contributed by atoms with Crippen molar-refractivity contribution in [2.24, 2.45) is 5.92 Å².